The van der Waals surface area contributed by atoms with Crippen LogP contribution in [0.1, 0.15) is 132 Å². The van der Waals surface area contributed by atoms with Gasteiger partial charge in [-0.25, -0.2) is 0 Å². The zero-order valence-electron chi connectivity index (χ0n) is 35.1. The van der Waals surface area contributed by atoms with E-state index in [1.165, 1.54) is 11.1 Å². The molecule has 0 radical (unpaired) electrons. The lowest BCUT2D eigenvalue weighted by Crippen LogP contribution is -2.47. The molecule has 0 heterocycles. The van der Waals surface area contributed by atoms with E-state index < -0.39 is 16.6 Å². The Morgan fingerprint density at radius 1 is 0.560 bits per heavy atom. The van der Waals surface area contributed by atoms with Crippen LogP contribution in [0.2, 0.25) is 36.3 Å². The van der Waals surface area contributed by atoms with Gasteiger partial charge in [0, 0.05) is 24.0 Å². The van der Waals surface area contributed by atoms with E-state index in [4.69, 9.17) is 24.9 Å². The molecular weight excluding hydrogens is 649 g/mol. The highest BCUT2D eigenvalue weighted by Crippen LogP contribution is 2.42. The monoisotopic (exact) mass is 725 g/mol. The van der Waals surface area contributed by atoms with Crippen molar-refractivity contribution >= 4 is 16.6 Å². The van der Waals surface area contributed by atoms with Crippen LogP contribution in [-0.4, -0.2) is 41.1 Å². The second kappa shape index (κ2) is 19.0. The molecule has 6 heteroatoms. The fourth-order valence-electron chi connectivity index (χ4n) is 6.21. The van der Waals surface area contributed by atoms with Gasteiger partial charge in [0.2, 0.25) is 0 Å². The van der Waals surface area contributed by atoms with Crippen LogP contribution in [0.15, 0.2) is 72.8 Å². The quantitative estimate of drug-likeness (QED) is 0.101. The molecule has 284 valence electrons. The van der Waals surface area contributed by atoms with E-state index in [9.17, 15) is 0 Å². The smallest absolute Gasteiger partial charge is 0.192 e. The minimum absolute atomic E-state index is 0.0478. The van der Waals surface area contributed by atoms with E-state index >= 15 is 0 Å². The Bertz CT molecular complexity index is 1170. The second-order valence-corrected chi connectivity index (χ2v) is 27.5. The molecule has 0 N–H and O–H groups in total. The normalized spacial score (nSPS) is 18.1. The molecule has 0 aliphatic rings. The SMILES string of the molecule is C=C(C[C@H](O[C@@H](C)c1ccccc1)[C@H](C)[C@@H](CC)O[Si](C)(C)C(C)(C)C)C[C@H](O[C@@H](C)c1ccccc1)[C@H](C)[C@@H](CC)O[Si](C)(C)C(C)(C)C. The highest BCUT2D eigenvalue weighted by Gasteiger charge is 2.43. The highest BCUT2D eigenvalue weighted by molar-refractivity contribution is 6.74. The standard InChI is InChI=1S/C44H76O4Si2/c1-18-39(47-49(14,15)43(8,9)10)33(4)41(45-35(6)37-26-22-20-23-27-37)30-32(3)31-42(46-36(7)38-28-24-21-25-29-38)34(5)40(19-2)48-50(16,17)44(11,12)13/h20-29,33-36,39-42H,3,18-19,30-31H2,1-2,4-17H3/t33-,34-,35+,36+,39-,40-,41+,42+/m1/s1. The van der Waals surface area contributed by atoms with Gasteiger partial charge >= 0.3 is 0 Å². The van der Waals surface area contributed by atoms with Gasteiger partial charge in [-0.15, -0.1) is 0 Å². The van der Waals surface area contributed by atoms with Crippen LogP contribution < -0.4 is 0 Å². The highest BCUT2D eigenvalue weighted by atomic mass is 28.4. The van der Waals surface area contributed by atoms with Crippen LogP contribution in [0.5, 0.6) is 0 Å². The molecule has 0 aliphatic heterocycles. The van der Waals surface area contributed by atoms with Crippen molar-refractivity contribution in [2.45, 2.75) is 182 Å². The van der Waals surface area contributed by atoms with Gasteiger partial charge in [-0.3, -0.25) is 0 Å². The van der Waals surface area contributed by atoms with Crippen LogP contribution >= 0.6 is 0 Å². The Hall–Kier alpha value is -1.55. The van der Waals surface area contributed by atoms with Crippen molar-refractivity contribution in [1.82, 2.24) is 0 Å². The molecule has 0 unspecified atom stereocenters. The van der Waals surface area contributed by atoms with Gasteiger partial charge in [-0.2, -0.15) is 0 Å². The summed E-state index contributed by atoms with van der Waals surface area (Å²) in [5.41, 5.74) is 3.53. The molecule has 0 bridgehead atoms. The zero-order valence-corrected chi connectivity index (χ0v) is 37.1. The van der Waals surface area contributed by atoms with Gasteiger partial charge in [-0.1, -0.05) is 142 Å². The third kappa shape index (κ3) is 12.8. The Kier molecular flexibility index (Phi) is 16.9. The summed E-state index contributed by atoms with van der Waals surface area (Å²) in [6, 6.07) is 21.1. The van der Waals surface area contributed by atoms with Gasteiger partial charge in [-0.05, 0) is 86.9 Å². The van der Waals surface area contributed by atoms with E-state index in [0.29, 0.717) is 0 Å². The summed E-state index contributed by atoms with van der Waals surface area (Å²) in [6.45, 7) is 41.6. The summed E-state index contributed by atoms with van der Waals surface area (Å²) in [7, 11) is -3.98. The summed E-state index contributed by atoms with van der Waals surface area (Å²) >= 11 is 0. The van der Waals surface area contributed by atoms with Crippen molar-refractivity contribution in [1.29, 1.82) is 0 Å². The second-order valence-electron chi connectivity index (χ2n) is 18.0. The predicted octanol–water partition coefficient (Wildman–Crippen LogP) is 13.5. The molecule has 0 spiro atoms. The summed E-state index contributed by atoms with van der Waals surface area (Å²) in [6.07, 6.45) is 3.39. The molecule has 0 fully saturated rings. The number of hydrogen-bond donors (Lipinski definition) is 0. The molecule has 2 aromatic rings. The summed E-state index contributed by atoms with van der Waals surface area (Å²) in [5, 5.41) is 0.270. The molecule has 2 aromatic carbocycles. The minimum Gasteiger partial charge on any atom is -0.414 e. The summed E-state index contributed by atoms with van der Waals surface area (Å²) in [4.78, 5) is 0. The lowest BCUT2D eigenvalue weighted by Gasteiger charge is -2.43. The maximum absolute atomic E-state index is 7.10. The molecule has 4 nitrogen and oxygen atoms in total. The van der Waals surface area contributed by atoms with Crippen LogP contribution in [0, 0.1) is 11.8 Å². The number of hydrogen-bond acceptors (Lipinski definition) is 4. The van der Waals surface area contributed by atoms with E-state index in [1.807, 2.05) is 0 Å². The fraction of sp³-hybridized carbons (Fsp3) is 0.682. The van der Waals surface area contributed by atoms with Crippen molar-refractivity contribution in [2.24, 2.45) is 11.8 Å². The Balaban J connectivity index is 2.45. The molecule has 0 saturated carbocycles. The largest absolute Gasteiger partial charge is 0.414 e. The average molecular weight is 725 g/mol. The van der Waals surface area contributed by atoms with Crippen LogP contribution in [0.4, 0.5) is 0 Å². The van der Waals surface area contributed by atoms with Crippen molar-refractivity contribution < 1.29 is 18.3 Å². The van der Waals surface area contributed by atoms with Gasteiger partial charge in [0.05, 0.1) is 24.4 Å². The maximum Gasteiger partial charge on any atom is 0.192 e. The number of benzene rings is 2. The van der Waals surface area contributed by atoms with Gasteiger partial charge < -0.3 is 18.3 Å². The number of rotatable bonds is 20. The Morgan fingerprint density at radius 2 is 0.860 bits per heavy atom. The first-order valence-electron chi connectivity index (χ1n) is 19.5. The molecule has 8 atom stereocenters. The van der Waals surface area contributed by atoms with Crippen molar-refractivity contribution in [3.63, 3.8) is 0 Å². The molecule has 0 saturated heterocycles. The van der Waals surface area contributed by atoms with Gasteiger partial charge in [0.25, 0.3) is 0 Å². The van der Waals surface area contributed by atoms with Crippen molar-refractivity contribution in [3.05, 3.63) is 83.9 Å². The predicted molar refractivity (Wildman–Crippen MR) is 221 cm³/mol. The minimum atomic E-state index is -1.99. The zero-order chi connectivity index (χ0) is 38.1. The third-order valence-corrected chi connectivity index (χ3v) is 20.9. The third-order valence-electron chi connectivity index (χ3n) is 11.9. The topological polar surface area (TPSA) is 36.9 Å². The van der Waals surface area contributed by atoms with E-state index in [2.05, 4.69) is 170 Å². The summed E-state index contributed by atoms with van der Waals surface area (Å²) < 4.78 is 28.3. The molecule has 2 rings (SSSR count). The Labute approximate surface area is 311 Å². The van der Waals surface area contributed by atoms with E-state index in [-0.39, 0.29) is 58.5 Å². The molecule has 0 aliphatic carbocycles. The first-order valence-corrected chi connectivity index (χ1v) is 25.3. The summed E-state index contributed by atoms with van der Waals surface area (Å²) in [5.74, 6) is 0.366. The van der Waals surface area contributed by atoms with Crippen LogP contribution in [0.25, 0.3) is 0 Å². The molecular formula is C44H76O4Si2. The lowest BCUT2D eigenvalue weighted by atomic mass is 9.87. The fourth-order valence-corrected chi connectivity index (χ4v) is 9.20. The van der Waals surface area contributed by atoms with Gasteiger partial charge in [0.1, 0.15) is 0 Å². The Morgan fingerprint density at radius 3 is 1.12 bits per heavy atom. The molecule has 50 heavy (non-hydrogen) atoms. The number of ether oxygens (including phenoxy) is 2. The first-order chi connectivity index (χ1) is 23.0. The van der Waals surface area contributed by atoms with Crippen molar-refractivity contribution in [3.8, 4) is 0 Å². The molecule has 0 aromatic heterocycles. The maximum atomic E-state index is 7.10. The van der Waals surface area contributed by atoms with Crippen LogP contribution in [0.3, 0.4) is 0 Å². The van der Waals surface area contributed by atoms with Gasteiger partial charge in [0.15, 0.2) is 16.6 Å². The molecule has 0 amide bonds. The van der Waals surface area contributed by atoms with E-state index in [0.717, 1.165) is 31.3 Å². The van der Waals surface area contributed by atoms with E-state index in [1.54, 1.807) is 0 Å². The lowest BCUT2D eigenvalue weighted by molar-refractivity contribution is -0.0708. The first kappa shape index (κ1) is 44.6. The average Bonchev–Trinajstić information content (AvgIpc) is 3.04. The van der Waals surface area contributed by atoms with Crippen LogP contribution in [-0.2, 0) is 18.3 Å². The van der Waals surface area contributed by atoms with Crippen molar-refractivity contribution in [2.75, 3.05) is 0 Å².